The number of ether oxygens (including phenoxy) is 2. The fourth-order valence-electron chi connectivity index (χ4n) is 2.57. The Bertz CT molecular complexity index is 1030. The summed E-state index contributed by atoms with van der Waals surface area (Å²) in [6, 6.07) is 6.15. The normalized spacial score (nSPS) is 14.6. The summed E-state index contributed by atoms with van der Waals surface area (Å²) in [6.07, 6.45) is -3.70. The van der Waals surface area contributed by atoms with Gasteiger partial charge in [0.2, 0.25) is 5.89 Å². The molecule has 0 aliphatic carbocycles. The minimum Gasteiger partial charge on any atom is -0.440 e. The molecule has 8 nitrogen and oxygen atoms in total. The molecular weight excluding hydrogens is 348 g/mol. The van der Waals surface area contributed by atoms with Gasteiger partial charge in [-0.05, 0) is 18.2 Å². The van der Waals surface area contributed by atoms with Crippen LogP contribution in [-0.4, -0.2) is 26.7 Å². The van der Waals surface area contributed by atoms with Gasteiger partial charge in [-0.15, -0.1) is 13.9 Å². The summed E-state index contributed by atoms with van der Waals surface area (Å²) in [4.78, 5) is 4.39. The highest BCUT2D eigenvalue weighted by Gasteiger charge is 2.43. The van der Waals surface area contributed by atoms with Crippen LogP contribution in [0.15, 0.2) is 22.6 Å². The molecule has 0 bridgehead atoms. The Hall–Kier alpha value is -3.48. The molecule has 10 heteroatoms. The van der Waals surface area contributed by atoms with E-state index in [1.54, 1.807) is 0 Å². The second-order valence-electron chi connectivity index (χ2n) is 5.85. The summed E-state index contributed by atoms with van der Waals surface area (Å²) in [7, 11) is 0. The van der Waals surface area contributed by atoms with Gasteiger partial charge in [0.05, 0.1) is 0 Å². The lowest BCUT2D eigenvalue weighted by atomic mass is 10.1. The van der Waals surface area contributed by atoms with E-state index >= 15 is 0 Å². The van der Waals surface area contributed by atoms with Crippen LogP contribution in [0.1, 0.15) is 31.2 Å². The smallest absolute Gasteiger partial charge is 0.440 e. The number of aromatic nitrogens is 4. The summed E-state index contributed by atoms with van der Waals surface area (Å²) in [6.45, 7) is 3.78. The van der Waals surface area contributed by atoms with E-state index in [2.05, 4.69) is 29.9 Å². The Morgan fingerprint density at radius 1 is 1.15 bits per heavy atom. The Kier molecular flexibility index (Phi) is 3.40. The van der Waals surface area contributed by atoms with Crippen molar-refractivity contribution in [3.05, 3.63) is 29.7 Å². The van der Waals surface area contributed by atoms with Gasteiger partial charge < -0.3 is 13.9 Å². The molecule has 2 aromatic heterocycles. The van der Waals surface area contributed by atoms with Gasteiger partial charge in [0.25, 0.3) is 0 Å². The second kappa shape index (κ2) is 5.52. The predicted molar refractivity (Wildman–Crippen MR) is 82.3 cm³/mol. The highest BCUT2D eigenvalue weighted by atomic mass is 19.3. The van der Waals surface area contributed by atoms with Crippen molar-refractivity contribution < 1.29 is 22.7 Å². The lowest BCUT2D eigenvalue weighted by Gasteiger charge is -2.04. The van der Waals surface area contributed by atoms with Crippen LogP contribution in [0.2, 0.25) is 0 Å². The van der Waals surface area contributed by atoms with E-state index in [1.165, 1.54) is 18.2 Å². The molecule has 132 valence electrons. The minimum absolute atomic E-state index is 0.0622. The third kappa shape index (κ3) is 2.54. The van der Waals surface area contributed by atoms with E-state index in [1.807, 2.05) is 19.9 Å². The number of hydrogen-bond acceptors (Lipinski definition) is 7. The number of benzene rings is 1. The lowest BCUT2D eigenvalue weighted by molar-refractivity contribution is -0.286. The Labute approximate surface area is 145 Å². The summed E-state index contributed by atoms with van der Waals surface area (Å²) in [5, 5.41) is 19.2. The Morgan fingerprint density at radius 3 is 2.65 bits per heavy atom. The van der Waals surface area contributed by atoms with Gasteiger partial charge in [-0.2, -0.15) is 15.6 Å². The molecule has 1 N–H and O–H groups in total. The van der Waals surface area contributed by atoms with E-state index in [0.717, 1.165) is 0 Å². The van der Waals surface area contributed by atoms with Gasteiger partial charge in [-0.1, -0.05) is 13.8 Å². The van der Waals surface area contributed by atoms with Crippen LogP contribution >= 0.6 is 0 Å². The zero-order chi connectivity index (χ0) is 18.5. The van der Waals surface area contributed by atoms with Gasteiger partial charge in [0.15, 0.2) is 22.9 Å². The molecule has 0 fully saturated rings. The molecule has 0 atom stereocenters. The maximum Gasteiger partial charge on any atom is 0.586 e. The summed E-state index contributed by atoms with van der Waals surface area (Å²) in [5.41, 5.74) is 1.12. The van der Waals surface area contributed by atoms with Crippen LogP contribution in [0, 0.1) is 11.3 Å². The van der Waals surface area contributed by atoms with Crippen molar-refractivity contribution in [3.63, 3.8) is 0 Å². The van der Waals surface area contributed by atoms with Gasteiger partial charge in [0.1, 0.15) is 17.5 Å². The van der Waals surface area contributed by atoms with Crippen molar-refractivity contribution in [2.45, 2.75) is 26.1 Å². The molecular formula is C16H11F2N5O3. The van der Waals surface area contributed by atoms with E-state index in [0.29, 0.717) is 17.0 Å². The van der Waals surface area contributed by atoms with Crippen LogP contribution in [0.25, 0.3) is 22.8 Å². The average molecular weight is 359 g/mol. The number of nitriles is 1. The molecule has 0 radical (unpaired) electrons. The van der Waals surface area contributed by atoms with Crippen LogP contribution in [-0.2, 0) is 0 Å². The molecule has 26 heavy (non-hydrogen) atoms. The third-order valence-electron chi connectivity index (χ3n) is 3.70. The molecule has 0 amide bonds. The highest BCUT2D eigenvalue weighted by Crippen LogP contribution is 2.43. The number of alkyl halides is 2. The topological polar surface area (TPSA) is 110 Å². The van der Waals surface area contributed by atoms with Crippen molar-refractivity contribution in [1.82, 2.24) is 20.4 Å². The Balaban J connectivity index is 1.80. The number of H-pyrrole nitrogens is 1. The van der Waals surface area contributed by atoms with Crippen molar-refractivity contribution >= 4 is 0 Å². The molecule has 3 aromatic rings. The van der Waals surface area contributed by atoms with Crippen molar-refractivity contribution in [2.24, 2.45) is 0 Å². The van der Waals surface area contributed by atoms with Gasteiger partial charge in [-0.3, -0.25) is 0 Å². The first-order valence-electron chi connectivity index (χ1n) is 7.60. The standard InChI is InChI=1S/C16H11F2N5O3/c1-7(2)14-13(12-9(6-19)21-23-22-12)20-15(24-14)8-3-4-10-11(5-8)26-16(17,18)25-10/h3-5,7H,1-2H3,(H,21,22,23). The summed E-state index contributed by atoms with van der Waals surface area (Å²) < 4.78 is 41.0. The number of nitrogens with one attached hydrogen (secondary N) is 1. The number of hydrogen-bond donors (Lipinski definition) is 1. The number of halogens is 2. The zero-order valence-electron chi connectivity index (χ0n) is 13.6. The first-order valence-corrected chi connectivity index (χ1v) is 7.60. The first kappa shape index (κ1) is 16.0. The monoisotopic (exact) mass is 359 g/mol. The molecule has 1 aliphatic rings. The van der Waals surface area contributed by atoms with Gasteiger partial charge in [0, 0.05) is 11.5 Å². The predicted octanol–water partition coefficient (Wildman–Crippen LogP) is 3.44. The third-order valence-corrected chi connectivity index (χ3v) is 3.70. The maximum atomic E-state index is 13.2. The first-order chi connectivity index (χ1) is 12.4. The van der Waals surface area contributed by atoms with Crippen LogP contribution < -0.4 is 9.47 Å². The largest absolute Gasteiger partial charge is 0.586 e. The molecule has 1 aromatic carbocycles. The number of rotatable bonds is 3. The number of nitrogens with zero attached hydrogens (tertiary/aromatic N) is 4. The summed E-state index contributed by atoms with van der Waals surface area (Å²) in [5.74, 6) is 0.425. The van der Waals surface area contributed by atoms with Gasteiger partial charge in [-0.25, -0.2) is 4.98 Å². The van der Waals surface area contributed by atoms with Crippen LogP contribution in [0.5, 0.6) is 11.5 Å². The summed E-state index contributed by atoms with van der Waals surface area (Å²) >= 11 is 0. The fourth-order valence-corrected chi connectivity index (χ4v) is 2.57. The fraction of sp³-hybridized carbons (Fsp3) is 0.250. The molecule has 3 heterocycles. The van der Waals surface area contributed by atoms with E-state index < -0.39 is 6.29 Å². The van der Waals surface area contributed by atoms with Crippen LogP contribution in [0.3, 0.4) is 0 Å². The number of fused-ring (bicyclic) bond motifs is 1. The lowest BCUT2D eigenvalue weighted by Crippen LogP contribution is -2.25. The Morgan fingerprint density at radius 2 is 1.92 bits per heavy atom. The van der Waals surface area contributed by atoms with E-state index in [9.17, 15) is 8.78 Å². The molecule has 0 saturated heterocycles. The SMILES string of the molecule is CC(C)c1oc(-c2ccc3c(c2)OC(F)(F)O3)nc1-c1n[nH]nc1C#N. The molecule has 0 spiro atoms. The highest BCUT2D eigenvalue weighted by molar-refractivity contribution is 5.68. The van der Waals surface area contributed by atoms with Crippen LogP contribution in [0.4, 0.5) is 8.78 Å². The van der Waals surface area contributed by atoms with Crippen molar-refractivity contribution in [2.75, 3.05) is 0 Å². The molecule has 4 rings (SSSR count). The van der Waals surface area contributed by atoms with E-state index in [-0.39, 0.29) is 34.7 Å². The molecule has 0 saturated carbocycles. The zero-order valence-corrected chi connectivity index (χ0v) is 13.6. The van der Waals surface area contributed by atoms with E-state index in [4.69, 9.17) is 9.68 Å². The number of oxazole rings is 1. The number of aromatic amines is 1. The maximum absolute atomic E-state index is 13.2. The second-order valence-corrected chi connectivity index (χ2v) is 5.85. The molecule has 0 unspecified atom stereocenters. The van der Waals surface area contributed by atoms with Crippen molar-refractivity contribution in [1.29, 1.82) is 5.26 Å². The van der Waals surface area contributed by atoms with Crippen molar-refractivity contribution in [3.8, 4) is 40.4 Å². The molecule has 1 aliphatic heterocycles. The quantitative estimate of drug-likeness (QED) is 0.762. The average Bonchev–Trinajstić information content (AvgIpc) is 3.27. The minimum atomic E-state index is -3.70. The van der Waals surface area contributed by atoms with Gasteiger partial charge >= 0.3 is 6.29 Å².